The van der Waals surface area contributed by atoms with Crippen LogP contribution in [0.2, 0.25) is 10.3 Å². The Labute approximate surface area is 104 Å². The van der Waals surface area contributed by atoms with Gasteiger partial charge in [-0.05, 0) is 29.8 Å². The zero-order valence-corrected chi connectivity index (χ0v) is 10.1. The maximum absolute atomic E-state index is 6.09. The van der Waals surface area contributed by atoms with Gasteiger partial charge in [-0.3, -0.25) is 0 Å². The fourth-order valence-electron chi connectivity index (χ4n) is 1.36. The first-order chi connectivity index (χ1) is 7.68. The Morgan fingerprint density at radius 3 is 2.56 bits per heavy atom. The topological polar surface area (TPSA) is 29.0 Å². The zero-order valence-electron chi connectivity index (χ0n) is 8.56. The lowest BCUT2D eigenvalue weighted by molar-refractivity contribution is 1.08. The Morgan fingerprint density at radius 1 is 1.12 bits per heavy atom. The molecule has 1 aromatic heterocycles. The first-order valence-electron chi connectivity index (χ1n) is 4.65. The van der Waals surface area contributed by atoms with E-state index in [0.717, 1.165) is 5.69 Å². The fraction of sp³-hybridized carbons (Fsp3) is 0.0909. The first kappa shape index (κ1) is 11.2. The van der Waals surface area contributed by atoms with Gasteiger partial charge < -0.3 is 4.90 Å². The van der Waals surface area contributed by atoms with Gasteiger partial charge in [-0.25, -0.2) is 9.97 Å². The van der Waals surface area contributed by atoms with E-state index in [9.17, 15) is 0 Å². The third kappa shape index (κ3) is 2.26. The molecule has 0 amide bonds. The van der Waals surface area contributed by atoms with Crippen molar-refractivity contribution in [3.63, 3.8) is 0 Å². The third-order valence-corrected chi connectivity index (χ3v) is 2.67. The van der Waals surface area contributed by atoms with Gasteiger partial charge in [-0.1, -0.05) is 23.7 Å². The second kappa shape index (κ2) is 4.68. The minimum absolute atomic E-state index is 0.219. The summed E-state index contributed by atoms with van der Waals surface area (Å²) in [5.74, 6) is 0.702. The normalized spacial score (nSPS) is 10.2. The lowest BCUT2D eigenvalue weighted by atomic mass is 10.3. The summed E-state index contributed by atoms with van der Waals surface area (Å²) in [6.45, 7) is 0. The Kier molecular flexibility index (Phi) is 3.27. The van der Waals surface area contributed by atoms with Crippen LogP contribution in [0.5, 0.6) is 0 Å². The van der Waals surface area contributed by atoms with Crippen LogP contribution in [-0.2, 0) is 0 Å². The molecule has 0 saturated heterocycles. The van der Waals surface area contributed by atoms with Crippen LogP contribution in [0.25, 0.3) is 0 Å². The Bertz CT molecular complexity index is 502. The number of halogens is 2. The molecule has 5 heteroatoms. The molecule has 0 radical (unpaired) electrons. The number of para-hydroxylation sites is 1. The molecule has 3 nitrogen and oxygen atoms in total. The summed E-state index contributed by atoms with van der Waals surface area (Å²) in [5, 5.41) is 0.885. The van der Waals surface area contributed by atoms with Gasteiger partial charge in [-0.15, -0.1) is 0 Å². The number of rotatable bonds is 2. The van der Waals surface area contributed by atoms with Crippen LogP contribution in [0.15, 0.2) is 36.5 Å². The van der Waals surface area contributed by atoms with Crippen molar-refractivity contribution in [3.05, 3.63) is 46.8 Å². The van der Waals surface area contributed by atoms with E-state index in [1.165, 1.54) is 0 Å². The molecule has 0 unspecified atom stereocenters. The van der Waals surface area contributed by atoms with E-state index < -0.39 is 0 Å². The molecule has 0 fully saturated rings. The average molecular weight is 254 g/mol. The van der Waals surface area contributed by atoms with Crippen molar-refractivity contribution in [2.45, 2.75) is 0 Å². The molecule has 2 rings (SSSR count). The van der Waals surface area contributed by atoms with Gasteiger partial charge in [0.25, 0.3) is 0 Å². The van der Waals surface area contributed by atoms with Crippen molar-refractivity contribution in [1.29, 1.82) is 0 Å². The van der Waals surface area contributed by atoms with Crippen molar-refractivity contribution in [1.82, 2.24) is 9.97 Å². The molecule has 16 heavy (non-hydrogen) atoms. The van der Waals surface area contributed by atoms with E-state index >= 15 is 0 Å². The molecule has 0 spiro atoms. The SMILES string of the molecule is CN(c1ccnc(Cl)n1)c1ccccc1Cl. The third-order valence-electron chi connectivity index (χ3n) is 2.17. The van der Waals surface area contributed by atoms with Crippen molar-refractivity contribution < 1.29 is 0 Å². The maximum Gasteiger partial charge on any atom is 0.224 e. The summed E-state index contributed by atoms with van der Waals surface area (Å²) in [6.07, 6.45) is 1.61. The highest BCUT2D eigenvalue weighted by molar-refractivity contribution is 6.33. The lowest BCUT2D eigenvalue weighted by Gasteiger charge is -2.19. The highest BCUT2D eigenvalue weighted by Gasteiger charge is 2.08. The highest BCUT2D eigenvalue weighted by atomic mass is 35.5. The second-order valence-corrected chi connectivity index (χ2v) is 3.94. The summed E-state index contributed by atoms with van der Waals surface area (Å²) in [5.41, 5.74) is 0.874. The fourth-order valence-corrected chi connectivity index (χ4v) is 1.77. The van der Waals surface area contributed by atoms with Crippen LogP contribution in [-0.4, -0.2) is 17.0 Å². The van der Waals surface area contributed by atoms with Crippen molar-refractivity contribution in [2.24, 2.45) is 0 Å². The molecule has 1 aromatic carbocycles. The summed E-state index contributed by atoms with van der Waals surface area (Å²) in [6, 6.07) is 9.32. The van der Waals surface area contributed by atoms with E-state index in [2.05, 4.69) is 9.97 Å². The van der Waals surface area contributed by atoms with Crippen molar-refractivity contribution in [2.75, 3.05) is 11.9 Å². The number of aromatic nitrogens is 2. The standard InChI is InChI=1S/C11H9Cl2N3/c1-16(9-5-3-2-4-8(9)12)10-6-7-14-11(13)15-10/h2-7H,1H3. The average Bonchev–Trinajstić information content (AvgIpc) is 2.29. The quantitative estimate of drug-likeness (QED) is 0.767. The van der Waals surface area contributed by atoms with E-state index in [1.807, 2.05) is 36.2 Å². The minimum Gasteiger partial charge on any atom is -0.328 e. The van der Waals surface area contributed by atoms with E-state index in [-0.39, 0.29) is 5.28 Å². The van der Waals surface area contributed by atoms with Gasteiger partial charge in [-0.2, -0.15) is 0 Å². The number of benzene rings is 1. The summed E-state index contributed by atoms with van der Waals surface area (Å²) in [4.78, 5) is 9.80. The van der Waals surface area contributed by atoms with Crippen LogP contribution < -0.4 is 4.90 Å². The van der Waals surface area contributed by atoms with Crippen LogP contribution in [0.1, 0.15) is 0 Å². The van der Waals surface area contributed by atoms with E-state index in [1.54, 1.807) is 12.3 Å². The van der Waals surface area contributed by atoms with Crippen LogP contribution >= 0.6 is 23.2 Å². The van der Waals surface area contributed by atoms with Crippen molar-refractivity contribution >= 4 is 34.7 Å². The van der Waals surface area contributed by atoms with Gasteiger partial charge in [0.15, 0.2) is 0 Å². The molecule has 0 aliphatic heterocycles. The van der Waals surface area contributed by atoms with Gasteiger partial charge in [0, 0.05) is 13.2 Å². The van der Waals surface area contributed by atoms with Crippen LogP contribution in [0.3, 0.4) is 0 Å². The van der Waals surface area contributed by atoms with Gasteiger partial charge in [0.1, 0.15) is 5.82 Å². The molecule has 0 N–H and O–H groups in total. The largest absolute Gasteiger partial charge is 0.328 e. The van der Waals surface area contributed by atoms with Crippen LogP contribution in [0.4, 0.5) is 11.5 Å². The zero-order chi connectivity index (χ0) is 11.5. The molecule has 1 heterocycles. The Hall–Kier alpha value is -1.32. The van der Waals surface area contributed by atoms with Gasteiger partial charge in [0.05, 0.1) is 10.7 Å². The lowest BCUT2D eigenvalue weighted by Crippen LogP contribution is -2.11. The predicted molar refractivity (Wildman–Crippen MR) is 66.6 cm³/mol. The molecule has 0 saturated carbocycles. The summed E-state index contributed by atoms with van der Waals surface area (Å²) < 4.78 is 0. The number of hydrogen-bond acceptors (Lipinski definition) is 3. The van der Waals surface area contributed by atoms with Gasteiger partial charge >= 0.3 is 0 Å². The molecule has 0 atom stereocenters. The minimum atomic E-state index is 0.219. The molecule has 82 valence electrons. The molecule has 2 aromatic rings. The smallest absolute Gasteiger partial charge is 0.224 e. The highest BCUT2D eigenvalue weighted by Crippen LogP contribution is 2.29. The van der Waals surface area contributed by atoms with Crippen LogP contribution in [0, 0.1) is 0 Å². The van der Waals surface area contributed by atoms with E-state index in [4.69, 9.17) is 23.2 Å². The monoisotopic (exact) mass is 253 g/mol. The number of nitrogens with zero attached hydrogens (tertiary/aromatic N) is 3. The number of hydrogen-bond donors (Lipinski definition) is 0. The Morgan fingerprint density at radius 2 is 1.88 bits per heavy atom. The molecule has 0 bridgehead atoms. The predicted octanol–water partition coefficient (Wildman–Crippen LogP) is 3.55. The first-order valence-corrected chi connectivity index (χ1v) is 5.41. The molecule has 0 aliphatic rings. The summed E-state index contributed by atoms with van der Waals surface area (Å²) >= 11 is 11.8. The summed E-state index contributed by atoms with van der Waals surface area (Å²) in [7, 11) is 1.87. The Balaban J connectivity index is 2.39. The molecule has 0 aliphatic carbocycles. The number of anilines is 2. The molecular formula is C11H9Cl2N3. The van der Waals surface area contributed by atoms with Crippen molar-refractivity contribution in [3.8, 4) is 0 Å². The van der Waals surface area contributed by atoms with Gasteiger partial charge in [0.2, 0.25) is 5.28 Å². The molecular weight excluding hydrogens is 245 g/mol. The second-order valence-electron chi connectivity index (χ2n) is 3.19. The van der Waals surface area contributed by atoms with E-state index in [0.29, 0.717) is 10.8 Å². The maximum atomic E-state index is 6.09.